The number of allylic oxidation sites excluding steroid dienone is 5. The highest BCUT2D eigenvalue weighted by Crippen LogP contribution is 2.31. The Morgan fingerprint density at radius 3 is 2.94 bits per heavy atom. The molecule has 2 aromatic rings. The number of rotatable bonds is 6. The van der Waals surface area contributed by atoms with E-state index in [9.17, 15) is 0 Å². The van der Waals surface area contributed by atoms with Gasteiger partial charge in [-0.15, -0.1) is 0 Å². The van der Waals surface area contributed by atoms with E-state index in [-0.39, 0.29) is 6.10 Å². The average molecular weight is 429 g/mol. The fourth-order valence-electron chi connectivity index (χ4n) is 3.47. The van der Waals surface area contributed by atoms with Crippen LogP contribution in [-0.2, 0) is 6.42 Å². The van der Waals surface area contributed by atoms with Crippen molar-refractivity contribution in [2.45, 2.75) is 12.5 Å². The standard InChI is InChI=1S/C24H24N5OP/c1-16-2-7-19(10-22(16)29-31)20-11-23-24(28-13-20)30-21(15-27-23)14-26-9-8-17-3-5-18(12-25)6-4-17/h2-7,10-11,13,21,26-27H,1,8-9,14-15,31H2/b29-22-. The number of nitrogens with zero attached hydrogens (tertiary/aromatic N) is 3. The molecule has 1 aromatic heterocycles. The molecular formula is C24H24N5OP. The van der Waals surface area contributed by atoms with Crippen LogP contribution in [0, 0.1) is 11.3 Å². The minimum absolute atomic E-state index is 0.0137. The van der Waals surface area contributed by atoms with Crippen LogP contribution in [0.15, 0.2) is 71.7 Å². The lowest BCUT2D eigenvalue weighted by Gasteiger charge is -2.27. The van der Waals surface area contributed by atoms with Gasteiger partial charge >= 0.3 is 0 Å². The molecule has 2 aliphatic rings. The van der Waals surface area contributed by atoms with E-state index in [0.29, 0.717) is 18.0 Å². The summed E-state index contributed by atoms with van der Waals surface area (Å²) in [6.45, 7) is 6.28. The van der Waals surface area contributed by atoms with Crippen molar-refractivity contribution in [2.24, 2.45) is 4.76 Å². The Bertz CT molecular complexity index is 1110. The Morgan fingerprint density at radius 2 is 2.16 bits per heavy atom. The van der Waals surface area contributed by atoms with E-state index in [1.165, 1.54) is 5.56 Å². The average Bonchev–Trinajstić information content (AvgIpc) is 2.82. The summed E-state index contributed by atoms with van der Waals surface area (Å²) < 4.78 is 10.3. The number of nitrogens with one attached hydrogen (secondary N) is 2. The zero-order valence-corrected chi connectivity index (χ0v) is 18.3. The van der Waals surface area contributed by atoms with Gasteiger partial charge in [0.15, 0.2) is 0 Å². The minimum atomic E-state index is 0.0137. The molecule has 0 saturated carbocycles. The number of ether oxygens (including phenoxy) is 1. The van der Waals surface area contributed by atoms with Gasteiger partial charge in [0, 0.05) is 18.3 Å². The van der Waals surface area contributed by atoms with Gasteiger partial charge in [-0.05, 0) is 63.3 Å². The van der Waals surface area contributed by atoms with Crippen LogP contribution in [-0.4, -0.2) is 36.4 Å². The van der Waals surface area contributed by atoms with Crippen LogP contribution in [0.3, 0.4) is 0 Å². The first-order chi connectivity index (χ1) is 15.2. The summed E-state index contributed by atoms with van der Waals surface area (Å²) in [6.07, 6.45) is 8.73. The molecule has 0 saturated heterocycles. The van der Waals surface area contributed by atoms with Crippen LogP contribution in [0.1, 0.15) is 16.7 Å². The number of fused-ring (bicyclic) bond motifs is 1. The molecule has 156 valence electrons. The molecule has 6 nitrogen and oxygen atoms in total. The van der Waals surface area contributed by atoms with E-state index >= 15 is 0 Å². The number of hydrogen-bond acceptors (Lipinski definition) is 6. The molecule has 0 radical (unpaired) electrons. The zero-order chi connectivity index (χ0) is 21.6. The molecule has 0 bridgehead atoms. The van der Waals surface area contributed by atoms with E-state index in [4.69, 9.17) is 10.00 Å². The van der Waals surface area contributed by atoms with Crippen molar-refractivity contribution in [2.75, 3.05) is 25.0 Å². The molecule has 2 unspecified atom stereocenters. The Hall–Kier alpha value is -3.26. The summed E-state index contributed by atoms with van der Waals surface area (Å²) in [7, 11) is 2.38. The first-order valence-corrected chi connectivity index (χ1v) is 10.7. The molecule has 2 atom stereocenters. The van der Waals surface area contributed by atoms with Gasteiger partial charge < -0.3 is 15.4 Å². The summed E-state index contributed by atoms with van der Waals surface area (Å²) in [5.74, 6) is 0.624. The van der Waals surface area contributed by atoms with Crippen LogP contribution in [0.25, 0.3) is 5.57 Å². The summed E-state index contributed by atoms with van der Waals surface area (Å²) in [4.78, 5) is 4.53. The lowest BCUT2D eigenvalue weighted by atomic mass is 9.97. The molecule has 0 spiro atoms. The van der Waals surface area contributed by atoms with Gasteiger partial charge in [-0.2, -0.15) is 5.26 Å². The van der Waals surface area contributed by atoms with E-state index < -0.39 is 0 Å². The summed E-state index contributed by atoms with van der Waals surface area (Å²) in [6, 6.07) is 11.9. The van der Waals surface area contributed by atoms with Crippen molar-refractivity contribution >= 4 is 26.4 Å². The van der Waals surface area contributed by atoms with Gasteiger partial charge in [0.25, 0.3) is 0 Å². The van der Waals surface area contributed by atoms with Gasteiger partial charge in [0.1, 0.15) is 6.10 Å². The van der Waals surface area contributed by atoms with Crippen molar-refractivity contribution in [1.82, 2.24) is 10.3 Å². The van der Waals surface area contributed by atoms with Crippen LogP contribution >= 0.6 is 9.39 Å². The van der Waals surface area contributed by atoms with E-state index in [1.807, 2.05) is 48.7 Å². The second-order valence-corrected chi connectivity index (χ2v) is 7.69. The molecule has 0 amide bonds. The van der Waals surface area contributed by atoms with E-state index in [0.717, 1.165) is 47.6 Å². The second kappa shape index (κ2) is 9.70. The van der Waals surface area contributed by atoms with E-state index in [1.54, 1.807) is 0 Å². The molecule has 0 fully saturated rings. The molecule has 2 heterocycles. The maximum absolute atomic E-state index is 8.87. The molecule has 1 aromatic carbocycles. The maximum atomic E-state index is 8.87. The highest BCUT2D eigenvalue weighted by molar-refractivity contribution is 7.15. The molecule has 1 aliphatic carbocycles. The normalized spacial score (nSPS) is 18.6. The largest absolute Gasteiger partial charge is 0.470 e. The Labute approximate surface area is 184 Å². The number of aromatic nitrogens is 1. The Balaban J connectivity index is 1.30. The second-order valence-electron chi connectivity index (χ2n) is 7.43. The third-order valence-electron chi connectivity index (χ3n) is 5.25. The monoisotopic (exact) mass is 429 g/mol. The summed E-state index contributed by atoms with van der Waals surface area (Å²) in [5, 5.41) is 15.7. The summed E-state index contributed by atoms with van der Waals surface area (Å²) in [5.41, 5.74) is 6.57. The van der Waals surface area contributed by atoms with Gasteiger partial charge in [-0.1, -0.05) is 30.9 Å². The smallest absolute Gasteiger partial charge is 0.237 e. The third-order valence-corrected chi connectivity index (χ3v) is 5.53. The number of benzene rings is 1. The Kier molecular flexibility index (Phi) is 6.57. The molecule has 2 N–H and O–H groups in total. The third kappa shape index (κ3) is 5.08. The van der Waals surface area contributed by atoms with E-state index in [2.05, 4.69) is 48.5 Å². The van der Waals surface area contributed by atoms with Gasteiger partial charge in [0.2, 0.25) is 5.88 Å². The number of anilines is 1. The molecule has 4 rings (SSSR count). The minimum Gasteiger partial charge on any atom is -0.470 e. The lowest BCUT2D eigenvalue weighted by Crippen LogP contribution is -2.40. The van der Waals surface area contributed by atoms with Crippen LogP contribution in [0.5, 0.6) is 5.88 Å². The molecule has 1 aliphatic heterocycles. The van der Waals surface area contributed by atoms with Crippen LogP contribution in [0.2, 0.25) is 0 Å². The zero-order valence-electron chi connectivity index (χ0n) is 17.1. The van der Waals surface area contributed by atoms with Crippen LogP contribution < -0.4 is 15.4 Å². The maximum Gasteiger partial charge on any atom is 0.237 e. The van der Waals surface area contributed by atoms with Crippen molar-refractivity contribution in [3.8, 4) is 11.9 Å². The SMILES string of the molecule is C=C1C=CC(c2cnc3c(c2)NCC(CNCCc2ccc(C#N)cc2)O3)=C/C1=N/P. The molecule has 31 heavy (non-hydrogen) atoms. The quantitative estimate of drug-likeness (QED) is 0.541. The van der Waals surface area contributed by atoms with Crippen molar-refractivity contribution in [1.29, 1.82) is 5.26 Å². The first kappa shape index (κ1) is 21.0. The molecular weight excluding hydrogens is 405 g/mol. The number of nitriles is 1. The highest BCUT2D eigenvalue weighted by atomic mass is 31.0. The fraction of sp³-hybridized carbons (Fsp3) is 0.208. The summed E-state index contributed by atoms with van der Waals surface area (Å²) >= 11 is 0. The topological polar surface area (TPSA) is 82.3 Å². The van der Waals surface area contributed by atoms with Crippen molar-refractivity contribution in [3.63, 3.8) is 0 Å². The van der Waals surface area contributed by atoms with Gasteiger partial charge in [0.05, 0.1) is 29.6 Å². The first-order valence-electron chi connectivity index (χ1n) is 10.1. The predicted molar refractivity (Wildman–Crippen MR) is 128 cm³/mol. The molecule has 7 heteroatoms. The fourth-order valence-corrected chi connectivity index (χ4v) is 3.71. The Morgan fingerprint density at radius 1 is 1.32 bits per heavy atom. The van der Waals surface area contributed by atoms with Gasteiger partial charge in [-0.3, -0.25) is 4.76 Å². The van der Waals surface area contributed by atoms with Crippen molar-refractivity contribution < 1.29 is 4.74 Å². The number of hydrogen-bond donors (Lipinski definition) is 2. The predicted octanol–water partition coefficient (Wildman–Crippen LogP) is 3.70. The lowest BCUT2D eigenvalue weighted by molar-refractivity contribution is 0.194. The van der Waals surface area contributed by atoms with Gasteiger partial charge in [-0.25, -0.2) is 4.98 Å². The number of pyridine rings is 1. The van der Waals surface area contributed by atoms with Crippen molar-refractivity contribution in [3.05, 3.63) is 83.6 Å². The van der Waals surface area contributed by atoms with Crippen LogP contribution in [0.4, 0.5) is 5.69 Å². The highest BCUT2D eigenvalue weighted by Gasteiger charge is 2.21.